The van der Waals surface area contributed by atoms with E-state index in [4.69, 9.17) is 15.2 Å². The van der Waals surface area contributed by atoms with Gasteiger partial charge in [-0.25, -0.2) is 0 Å². The van der Waals surface area contributed by atoms with Gasteiger partial charge in [0.1, 0.15) is 5.75 Å². The fourth-order valence-electron chi connectivity index (χ4n) is 3.34. The Morgan fingerprint density at radius 3 is 2.83 bits per heavy atom. The maximum atomic E-state index is 12.0. The number of esters is 1. The molecule has 1 aromatic carbocycles. The number of nitrogens with two attached hydrogens (primary N) is 1. The summed E-state index contributed by atoms with van der Waals surface area (Å²) in [4.78, 5) is 14.4. The average molecular weight is 334 g/mol. The van der Waals surface area contributed by atoms with Crippen LogP contribution >= 0.6 is 0 Å². The first-order valence-electron chi connectivity index (χ1n) is 8.97. The van der Waals surface area contributed by atoms with Gasteiger partial charge in [-0.05, 0) is 64.3 Å². The Morgan fingerprint density at radius 2 is 2.17 bits per heavy atom. The molecule has 5 nitrogen and oxygen atoms in total. The van der Waals surface area contributed by atoms with Crippen molar-refractivity contribution in [2.45, 2.75) is 46.1 Å². The summed E-state index contributed by atoms with van der Waals surface area (Å²) in [5.41, 5.74) is 7.94. The molecule has 134 valence electrons. The highest BCUT2D eigenvalue weighted by Crippen LogP contribution is 2.25. The lowest BCUT2D eigenvalue weighted by Gasteiger charge is -2.36. The molecule has 1 heterocycles. The van der Waals surface area contributed by atoms with Crippen molar-refractivity contribution >= 4 is 11.7 Å². The third-order valence-corrected chi connectivity index (χ3v) is 4.60. The Kier molecular flexibility index (Phi) is 6.91. The van der Waals surface area contributed by atoms with Crippen LogP contribution in [0.4, 0.5) is 5.69 Å². The number of hydrogen-bond donors (Lipinski definition) is 1. The van der Waals surface area contributed by atoms with E-state index < -0.39 is 0 Å². The zero-order valence-electron chi connectivity index (χ0n) is 15.1. The quantitative estimate of drug-likeness (QED) is 0.613. The van der Waals surface area contributed by atoms with E-state index in [-0.39, 0.29) is 11.9 Å². The van der Waals surface area contributed by atoms with Gasteiger partial charge in [-0.15, -0.1) is 0 Å². The second kappa shape index (κ2) is 8.92. The molecule has 0 radical (unpaired) electrons. The van der Waals surface area contributed by atoms with Crippen LogP contribution in [0.1, 0.15) is 39.2 Å². The van der Waals surface area contributed by atoms with Crippen LogP contribution in [0.3, 0.4) is 0 Å². The van der Waals surface area contributed by atoms with E-state index in [1.807, 2.05) is 26.0 Å². The molecule has 1 aliphatic rings. The molecular weight excluding hydrogens is 304 g/mol. The Hall–Kier alpha value is -1.75. The predicted molar refractivity (Wildman–Crippen MR) is 96.1 cm³/mol. The van der Waals surface area contributed by atoms with Crippen LogP contribution in [0.15, 0.2) is 18.2 Å². The molecule has 0 saturated carbocycles. The van der Waals surface area contributed by atoms with E-state index in [0.29, 0.717) is 24.9 Å². The predicted octanol–water partition coefficient (Wildman–Crippen LogP) is 2.87. The summed E-state index contributed by atoms with van der Waals surface area (Å²) in [6.45, 7) is 8.90. The maximum Gasteiger partial charge on any atom is 0.310 e. The van der Waals surface area contributed by atoms with E-state index in [1.165, 1.54) is 5.56 Å². The van der Waals surface area contributed by atoms with Gasteiger partial charge in [0.05, 0.1) is 24.8 Å². The topological polar surface area (TPSA) is 64.8 Å². The first kappa shape index (κ1) is 18.6. The van der Waals surface area contributed by atoms with Gasteiger partial charge in [-0.1, -0.05) is 6.07 Å². The summed E-state index contributed by atoms with van der Waals surface area (Å²) >= 11 is 0. The van der Waals surface area contributed by atoms with Gasteiger partial charge < -0.3 is 15.2 Å². The number of piperidine rings is 1. The molecule has 2 rings (SSSR count). The first-order valence-corrected chi connectivity index (χ1v) is 8.97. The molecule has 1 saturated heterocycles. The van der Waals surface area contributed by atoms with E-state index in [0.717, 1.165) is 38.1 Å². The highest BCUT2D eigenvalue weighted by molar-refractivity contribution is 5.72. The third-order valence-electron chi connectivity index (χ3n) is 4.60. The highest BCUT2D eigenvalue weighted by Gasteiger charge is 2.29. The minimum atomic E-state index is -0.0558. The molecule has 0 bridgehead atoms. The fourth-order valence-corrected chi connectivity index (χ4v) is 3.34. The summed E-state index contributed by atoms with van der Waals surface area (Å²) < 4.78 is 10.7. The molecule has 1 aromatic rings. The fraction of sp³-hybridized carbons (Fsp3) is 0.632. The molecule has 0 aliphatic carbocycles. The van der Waals surface area contributed by atoms with Gasteiger partial charge in [0.15, 0.2) is 0 Å². The molecule has 2 unspecified atom stereocenters. The van der Waals surface area contributed by atoms with Crippen molar-refractivity contribution in [3.8, 4) is 5.75 Å². The molecule has 5 heteroatoms. The first-order chi connectivity index (χ1) is 11.5. The lowest BCUT2D eigenvalue weighted by atomic mass is 9.95. The lowest BCUT2D eigenvalue weighted by Crippen LogP contribution is -2.44. The van der Waals surface area contributed by atoms with Gasteiger partial charge in [-0.2, -0.15) is 0 Å². The van der Waals surface area contributed by atoms with Crippen LogP contribution in [-0.4, -0.2) is 43.2 Å². The zero-order valence-corrected chi connectivity index (χ0v) is 15.1. The number of rotatable bonds is 7. The third kappa shape index (κ3) is 4.87. The van der Waals surface area contributed by atoms with Crippen LogP contribution in [0, 0.1) is 5.92 Å². The van der Waals surface area contributed by atoms with Gasteiger partial charge in [0, 0.05) is 12.6 Å². The van der Waals surface area contributed by atoms with E-state index >= 15 is 0 Å². The second-order valence-corrected chi connectivity index (χ2v) is 6.44. The van der Waals surface area contributed by atoms with Crippen molar-refractivity contribution < 1.29 is 14.3 Å². The van der Waals surface area contributed by atoms with E-state index in [9.17, 15) is 4.79 Å². The van der Waals surface area contributed by atoms with E-state index in [2.05, 4.69) is 17.9 Å². The lowest BCUT2D eigenvalue weighted by molar-refractivity contribution is -0.150. The highest BCUT2D eigenvalue weighted by atomic mass is 16.5. The minimum absolute atomic E-state index is 0.00606. The normalized spacial score (nSPS) is 19.7. The Balaban J connectivity index is 1.95. The average Bonchev–Trinajstić information content (AvgIpc) is 2.58. The van der Waals surface area contributed by atoms with Gasteiger partial charge in [0.2, 0.25) is 0 Å². The van der Waals surface area contributed by atoms with E-state index in [1.54, 1.807) is 0 Å². The number of carbonyl (C=O) groups is 1. The molecule has 1 aliphatic heterocycles. The molecule has 1 fully saturated rings. The van der Waals surface area contributed by atoms with Crippen molar-refractivity contribution in [3.63, 3.8) is 0 Å². The van der Waals surface area contributed by atoms with Gasteiger partial charge >= 0.3 is 5.97 Å². The molecule has 2 N–H and O–H groups in total. The number of benzene rings is 1. The summed E-state index contributed by atoms with van der Waals surface area (Å²) in [5.74, 6) is 0.695. The van der Waals surface area contributed by atoms with Crippen molar-refractivity contribution in [1.29, 1.82) is 0 Å². The molecule has 0 spiro atoms. The minimum Gasteiger partial charge on any atom is -0.492 e. The largest absolute Gasteiger partial charge is 0.492 e. The van der Waals surface area contributed by atoms with Crippen LogP contribution in [0.25, 0.3) is 0 Å². The molecule has 2 atom stereocenters. The second-order valence-electron chi connectivity index (χ2n) is 6.44. The van der Waals surface area contributed by atoms with Gasteiger partial charge in [-0.3, -0.25) is 9.69 Å². The zero-order chi connectivity index (χ0) is 17.5. The number of nitrogen functional groups attached to an aromatic ring is 1. The Labute approximate surface area is 145 Å². The van der Waals surface area contributed by atoms with Gasteiger partial charge in [0.25, 0.3) is 0 Å². The van der Waals surface area contributed by atoms with Crippen LogP contribution in [0.5, 0.6) is 5.75 Å². The number of anilines is 1. The van der Waals surface area contributed by atoms with Crippen molar-refractivity contribution in [3.05, 3.63) is 23.8 Å². The number of ether oxygens (including phenoxy) is 2. The SMILES string of the molecule is CCOC(=O)C1CCCN(C(C)Cc2ccc(OCC)c(N)c2)C1. The number of carbonyl (C=O) groups excluding carboxylic acids is 1. The monoisotopic (exact) mass is 334 g/mol. The van der Waals surface area contributed by atoms with Crippen molar-refractivity contribution in [2.75, 3.05) is 32.0 Å². The Morgan fingerprint density at radius 1 is 1.38 bits per heavy atom. The number of hydrogen-bond acceptors (Lipinski definition) is 5. The van der Waals surface area contributed by atoms with Crippen LogP contribution < -0.4 is 10.5 Å². The standard InChI is InChI=1S/C19H30N2O3/c1-4-23-18-9-8-15(12-17(18)20)11-14(3)21-10-6-7-16(13-21)19(22)24-5-2/h8-9,12,14,16H,4-7,10-11,13,20H2,1-3H3. The summed E-state index contributed by atoms with van der Waals surface area (Å²) in [7, 11) is 0. The summed E-state index contributed by atoms with van der Waals surface area (Å²) in [5, 5.41) is 0. The van der Waals surface area contributed by atoms with Crippen molar-refractivity contribution in [1.82, 2.24) is 4.90 Å². The molecule has 0 amide bonds. The Bertz CT molecular complexity index is 547. The smallest absolute Gasteiger partial charge is 0.310 e. The molecule has 24 heavy (non-hydrogen) atoms. The summed E-state index contributed by atoms with van der Waals surface area (Å²) in [6, 6.07) is 6.37. The molecular formula is C19H30N2O3. The van der Waals surface area contributed by atoms with Crippen LogP contribution in [0.2, 0.25) is 0 Å². The molecule has 0 aromatic heterocycles. The maximum absolute atomic E-state index is 12.0. The van der Waals surface area contributed by atoms with Crippen LogP contribution in [-0.2, 0) is 16.0 Å². The number of nitrogens with zero attached hydrogens (tertiary/aromatic N) is 1. The summed E-state index contributed by atoms with van der Waals surface area (Å²) in [6.07, 6.45) is 2.88. The van der Waals surface area contributed by atoms with Crippen molar-refractivity contribution in [2.24, 2.45) is 5.92 Å². The number of likely N-dealkylation sites (tertiary alicyclic amines) is 1.